The minimum atomic E-state index is -3.76. The fourth-order valence-corrected chi connectivity index (χ4v) is 3.67. The molecule has 1 rings (SSSR count). The minimum absolute atomic E-state index is 0.0957. The third kappa shape index (κ3) is 5.86. The molecule has 0 spiro atoms. The van der Waals surface area contributed by atoms with Crippen molar-refractivity contribution in [2.24, 2.45) is 9.39 Å². The molecule has 1 heterocycles. The fraction of sp³-hybridized carbons (Fsp3) is 0.333. The van der Waals surface area contributed by atoms with Crippen molar-refractivity contribution in [3.8, 4) is 0 Å². The van der Waals surface area contributed by atoms with Gasteiger partial charge in [0.25, 0.3) is 10.0 Å². The number of rotatable bonds is 4. The first-order valence-corrected chi connectivity index (χ1v) is 8.47. The zero-order valence-corrected chi connectivity index (χ0v) is 14.4. The topological polar surface area (TPSA) is 80.1 Å². The number of methoxy groups -OCH3 is 1. The minimum Gasteiger partial charge on any atom is -0.500 e. The molecule has 0 atom stereocenters. The summed E-state index contributed by atoms with van der Waals surface area (Å²) in [5.74, 6) is 1.34. The van der Waals surface area contributed by atoms with Gasteiger partial charge in [-0.3, -0.25) is 0 Å². The van der Waals surface area contributed by atoms with Gasteiger partial charge >= 0.3 is 0 Å². The monoisotopic (exact) mass is 349 g/mol. The number of nitrogens with one attached hydrogen (secondary N) is 1. The van der Waals surface area contributed by atoms with Gasteiger partial charge < -0.3 is 10.1 Å². The summed E-state index contributed by atoms with van der Waals surface area (Å²) in [6.45, 7) is 4.98. The second kappa shape index (κ2) is 7.58. The van der Waals surface area contributed by atoms with Crippen molar-refractivity contribution in [2.45, 2.75) is 25.0 Å². The number of sulfonamides is 1. The van der Waals surface area contributed by atoms with Gasteiger partial charge in [0.1, 0.15) is 21.6 Å². The van der Waals surface area contributed by atoms with Crippen LogP contribution in [0.2, 0.25) is 4.34 Å². The van der Waals surface area contributed by atoms with Crippen LogP contribution in [-0.2, 0) is 14.8 Å². The van der Waals surface area contributed by atoms with Crippen LogP contribution in [0.3, 0.4) is 0 Å². The summed E-state index contributed by atoms with van der Waals surface area (Å²) >= 11 is 6.68. The molecule has 0 aliphatic rings. The van der Waals surface area contributed by atoms with E-state index in [0.29, 0.717) is 15.9 Å². The zero-order chi connectivity index (χ0) is 16.0. The molecule has 0 bridgehead atoms. The SMILES string of the molecule is CO/C(C)=C/N=C(C)N/C(C)=N\S(=O)(=O)c1ccc(Cl)s1. The van der Waals surface area contributed by atoms with Gasteiger partial charge in [0, 0.05) is 0 Å². The average Bonchev–Trinajstić information content (AvgIpc) is 2.82. The molecule has 1 aromatic rings. The van der Waals surface area contributed by atoms with E-state index in [1.165, 1.54) is 25.4 Å². The highest BCUT2D eigenvalue weighted by Crippen LogP contribution is 2.26. The number of ether oxygens (including phenoxy) is 1. The Hall–Kier alpha value is -1.38. The summed E-state index contributed by atoms with van der Waals surface area (Å²) in [5.41, 5.74) is 0. The Labute approximate surface area is 133 Å². The van der Waals surface area contributed by atoms with E-state index in [4.69, 9.17) is 16.3 Å². The number of hydrogen-bond acceptors (Lipinski definition) is 5. The molecule has 0 unspecified atom stereocenters. The van der Waals surface area contributed by atoms with Gasteiger partial charge in [0.05, 0.1) is 17.6 Å². The van der Waals surface area contributed by atoms with E-state index < -0.39 is 10.0 Å². The molecule has 0 saturated heterocycles. The van der Waals surface area contributed by atoms with Gasteiger partial charge in [-0.05, 0) is 32.9 Å². The Morgan fingerprint density at radius 1 is 1.33 bits per heavy atom. The number of allylic oxidation sites excluding steroid dienone is 1. The maximum absolute atomic E-state index is 12.0. The Kier molecular flexibility index (Phi) is 6.38. The lowest BCUT2D eigenvalue weighted by Gasteiger charge is -2.04. The number of amidine groups is 2. The second-order valence-electron chi connectivity index (χ2n) is 3.99. The zero-order valence-electron chi connectivity index (χ0n) is 12.0. The Morgan fingerprint density at radius 2 is 2.00 bits per heavy atom. The molecule has 9 heteroatoms. The quantitative estimate of drug-likeness (QED) is 0.514. The van der Waals surface area contributed by atoms with Crippen LogP contribution >= 0.6 is 22.9 Å². The van der Waals surface area contributed by atoms with Crippen LogP contribution < -0.4 is 5.32 Å². The molecule has 0 aliphatic heterocycles. The molecule has 0 aromatic carbocycles. The van der Waals surface area contributed by atoms with Gasteiger partial charge in [0.2, 0.25) is 0 Å². The largest absolute Gasteiger partial charge is 0.500 e. The lowest BCUT2D eigenvalue weighted by Crippen LogP contribution is -2.26. The van der Waals surface area contributed by atoms with Crippen LogP contribution in [0.4, 0.5) is 0 Å². The van der Waals surface area contributed by atoms with Crippen molar-refractivity contribution in [1.82, 2.24) is 5.32 Å². The number of aliphatic imine (C=N–C) groups is 1. The molecule has 1 aromatic heterocycles. The van der Waals surface area contributed by atoms with Crippen molar-refractivity contribution in [2.75, 3.05) is 7.11 Å². The molecule has 116 valence electrons. The predicted molar refractivity (Wildman–Crippen MR) is 86.6 cm³/mol. The number of hydrogen-bond donors (Lipinski definition) is 1. The number of thiophene rings is 1. The van der Waals surface area contributed by atoms with Crippen LogP contribution in [0.15, 0.2) is 37.7 Å². The van der Waals surface area contributed by atoms with Crippen molar-refractivity contribution < 1.29 is 13.2 Å². The van der Waals surface area contributed by atoms with Gasteiger partial charge in [-0.1, -0.05) is 11.6 Å². The van der Waals surface area contributed by atoms with Crippen molar-refractivity contribution in [1.29, 1.82) is 0 Å². The Morgan fingerprint density at radius 3 is 2.52 bits per heavy atom. The Bertz CT molecular complexity index is 690. The molecule has 0 amide bonds. The average molecular weight is 350 g/mol. The van der Waals surface area contributed by atoms with Crippen LogP contribution in [0.5, 0.6) is 0 Å². The highest BCUT2D eigenvalue weighted by Gasteiger charge is 2.15. The summed E-state index contributed by atoms with van der Waals surface area (Å²) in [5, 5.41) is 2.78. The molecule has 21 heavy (non-hydrogen) atoms. The Balaban J connectivity index is 2.86. The maximum Gasteiger partial charge on any atom is 0.293 e. The first-order chi connectivity index (χ1) is 9.74. The predicted octanol–water partition coefficient (Wildman–Crippen LogP) is 3.02. The van der Waals surface area contributed by atoms with Crippen LogP contribution in [0.25, 0.3) is 0 Å². The third-order valence-corrected chi connectivity index (χ3v) is 5.25. The van der Waals surface area contributed by atoms with Crippen molar-refractivity contribution in [3.05, 3.63) is 28.4 Å². The summed E-state index contributed by atoms with van der Waals surface area (Å²) < 4.78 is 33.1. The molecule has 0 fully saturated rings. The van der Waals surface area contributed by atoms with E-state index in [9.17, 15) is 8.42 Å². The highest BCUT2D eigenvalue weighted by molar-refractivity contribution is 7.92. The molecule has 0 radical (unpaired) electrons. The number of nitrogens with zero attached hydrogens (tertiary/aromatic N) is 2. The summed E-state index contributed by atoms with van der Waals surface area (Å²) in [7, 11) is -2.22. The molecule has 0 saturated carbocycles. The lowest BCUT2D eigenvalue weighted by atomic mass is 10.5. The van der Waals surface area contributed by atoms with Gasteiger partial charge in [-0.2, -0.15) is 8.42 Å². The van der Waals surface area contributed by atoms with Gasteiger partial charge in [0.15, 0.2) is 0 Å². The molecular formula is C12H16ClN3O3S2. The van der Waals surface area contributed by atoms with Crippen LogP contribution in [0, 0.1) is 0 Å². The molecule has 6 nitrogen and oxygen atoms in total. The van der Waals surface area contributed by atoms with E-state index >= 15 is 0 Å². The van der Waals surface area contributed by atoms with Crippen LogP contribution in [0.1, 0.15) is 20.8 Å². The molecule has 0 aliphatic carbocycles. The van der Waals surface area contributed by atoms with E-state index in [2.05, 4.69) is 14.7 Å². The summed E-state index contributed by atoms with van der Waals surface area (Å²) in [6, 6.07) is 2.94. The summed E-state index contributed by atoms with van der Waals surface area (Å²) in [6.07, 6.45) is 1.52. The smallest absolute Gasteiger partial charge is 0.293 e. The third-order valence-electron chi connectivity index (χ3n) is 2.18. The molecular weight excluding hydrogens is 334 g/mol. The molecule has 1 N–H and O–H groups in total. The van der Waals surface area contributed by atoms with E-state index in [1.807, 2.05) is 0 Å². The van der Waals surface area contributed by atoms with Gasteiger partial charge in [-0.25, -0.2) is 4.99 Å². The second-order valence-corrected chi connectivity index (χ2v) is 7.54. The normalized spacial score (nSPS) is 14.2. The van der Waals surface area contributed by atoms with Crippen LogP contribution in [-0.4, -0.2) is 27.2 Å². The van der Waals surface area contributed by atoms with Gasteiger partial charge in [-0.15, -0.1) is 15.7 Å². The lowest BCUT2D eigenvalue weighted by molar-refractivity contribution is 0.292. The number of halogens is 1. The first kappa shape index (κ1) is 17.7. The first-order valence-electron chi connectivity index (χ1n) is 5.83. The standard InChI is InChI=1S/C12H16ClN3O3S2/c1-8(19-4)7-14-9(2)15-10(3)16-21(17,18)12-6-5-11(13)20-12/h5-7H,1-4H3,(H,14,15,16)/b8-7+. The van der Waals surface area contributed by atoms with Crippen molar-refractivity contribution in [3.63, 3.8) is 0 Å². The fourth-order valence-electron chi connectivity index (χ4n) is 1.22. The maximum atomic E-state index is 12.0. The highest BCUT2D eigenvalue weighted by atomic mass is 35.5. The van der Waals surface area contributed by atoms with Crippen molar-refractivity contribution >= 4 is 44.6 Å². The summed E-state index contributed by atoms with van der Waals surface area (Å²) in [4.78, 5) is 4.07. The van der Waals surface area contributed by atoms with E-state index in [0.717, 1.165) is 11.3 Å². The van der Waals surface area contributed by atoms with E-state index in [1.54, 1.807) is 20.8 Å². The van der Waals surface area contributed by atoms with E-state index in [-0.39, 0.29) is 10.0 Å².